The van der Waals surface area contributed by atoms with Gasteiger partial charge in [-0.1, -0.05) is 26.0 Å². The monoisotopic (exact) mass is 738 g/mol. The van der Waals surface area contributed by atoms with Crippen LogP contribution in [0.15, 0.2) is 41.8 Å². The maximum Gasteiger partial charge on any atom is 0.303 e. The van der Waals surface area contributed by atoms with Crippen LogP contribution in [-0.4, -0.2) is 91.8 Å². The van der Waals surface area contributed by atoms with Gasteiger partial charge in [-0.15, -0.1) is 11.3 Å². The van der Waals surface area contributed by atoms with Crippen LogP contribution in [0.3, 0.4) is 0 Å². The minimum absolute atomic E-state index is 0.163. The zero-order valence-corrected chi connectivity index (χ0v) is 31.5. The Morgan fingerprint density at radius 1 is 1.14 bits per heavy atom. The zero-order valence-electron chi connectivity index (χ0n) is 29.8. The number of hydrogen-bond donors (Lipinski definition) is 2. The highest BCUT2D eigenvalue weighted by Gasteiger charge is 2.62. The second kappa shape index (κ2) is 14.5. The van der Waals surface area contributed by atoms with Gasteiger partial charge in [0, 0.05) is 56.5 Å². The van der Waals surface area contributed by atoms with Crippen molar-refractivity contribution in [3.63, 3.8) is 0 Å². The SMILES string of the molecule is COc1ccc2c(O[C@H]3CC4C(=O)N(C)CCCC/C=C\[C@@H]5C[C@@]5(C(=O)NS(=O)(=O)N(C)C)NC(=O)[C@@H]4C3)cc(-c3nc(C(C)C)cs3)nc2c1. The third kappa shape index (κ3) is 7.61. The Morgan fingerprint density at radius 2 is 1.90 bits per heavy atom. The summed E-state index contributed by atoms with van der Waals surface area (Å²) in [6.07, 6.45) is 6.41. The molecule has 0 saturated heterocycles. The van der Waals surface area contributed by atoms with Gasteiger partial charge in [0.25, 0.3) is 5.91 Å². The fourth-order valence-electron chi connectivity index (χ4n) is 6.87. The Morgan fingerprint density at radius 3 is 2.61 bits per heavy atom. The molecule has 0 radical (unpaired) electrons. The summed E-state index contributed by atoms with van der Waals surface area (Å²) in [6.45, 7) is 4.72. The molecular formula is C36H46N6O7S2. The predicted octanol–water partition coefficient (Wildman–Crippen LogP) is 4.26. The number of carbonyl (C=O) groups is 3. The van der Waals surface area contributed by atoms with Crippen molar-refractivity contribution in [2.24, 2.45) is 17.8 Å². The fraction of sp³-hybridized carbons (Fsp3) is 0.528. The molecule has 3 aliphatic rings. The molecule has 13 nitrogen and oxygen atoms in total. The number of benzene rings is 1. The molecule has 51 heavy (non-hydrogen) atoms. The van der Waals surface area contributed by atoms with Crippen molar-refractivity contribution in [1.29, 1.82) is 0 Å². The number of carbonyl (C=O) groups excluding carboxylic acids is 3. The van der Waals surface area contributed by atoms with E-state index in [1.54, 1.807) is 19.1 Å². The van der Waals surface area contributed by atoms with Gasteiger partial charge in [0.05, 0.1) is 30.2 Å². The van der Waals surface area contributed by atoms with E-state index in [2.05, 4.69) is 23.9 Å². The number of nitrogens with zero attached hydrogens (tertiary/aromatic N) is 4. The van der Waals surface area contributed by atoms with E-state index in [4.69, 9.17) is 19.4 Å². The number of aromatic nitrogens is 2. The van der Waals surface area contributed by atoms with E-state index < -0.39 is 45.5 Å². The molecule has 1 aliphatic heterocycles. The minimum atomic E-state index is -4.10. The highest BCUT2D eigenvalue weighted by Crippen LogP contribution is 2.47. The summed E-state index contributed by atoms with van der Waals surface area (Å²) >= 11 is 1.50. The molecular weight excluding hydrogens is 693 g/mol. The normalized spacial score (nSPS) is 26.3. The number of nitrogens with one attached hydrogen (secondary N) is 2. The fourth-order valence-corrected chi connectivity index (χ4v) is 8.41. The number of pyridine rings is 1. The van der Waals surface area contributed by atoms with Crippen molar-refractivity contribution < 1.29 is 32.3 Å². The Labute approximate surface area is 303 Å². The van der Waals surface area contributed by atoms with Crippen LogP contribution in [-0.2, 0) is 24.6 Å². The summed E-state index contributed by atoms with van der Waals surface area (Å²) < 4.78 is 40.5. The van der Waals surface area contributed by atoms with Crippen molar-refractivity contribution in [2.75, 3.05) is 34.8 Å². The van der Waals surface area contributed by atoms with E-state index in [1.807, 2.05) is 41.8 Å². The first-order valence-corrected chi connectivity index (χ1v) is 19.6. The van der Waals surface area contributed by atoms with Crippen molar-refractivity contribution in [3.05, 3.63) is 47.5 Å². The molecule has 2 saturated carbocycles. The Kier molecular flexibility index (Phi) is 10.4. The minimum Gasteiger partial charge on any atom is -0.497 e. The lowest BCUT2D eigenvalue weighted by Gasteiger charge is -2.27. The average molecular weight is 739 g/mol. The third-order valence-corrected chi connectivity index (χ3v) is 12.4. The number of fused-ring (bicyclic) bond motifs is 3. The van der Waals surface area contributed by atoms with Crippen LogP contribution in [0, 0.1) is 17.8 Å². The lowest BCUT2D eigenvalue weighted by molar-refractivity contribution is -0.140. The number of rotatable bonds is 8. The number of allylic oxidation sites excluding steroid dienone is 1. The van der Waals surface area contributed by atoms with Crippen LogP contribution in [0.25, 0.3) is 21.6 Å². The summed E-state index contributed by atoms with van der Waals surface area (Å²) in [6, 6.07) is 7.40. The average Bonchev–Trinajstić information content (AvgIpc) is 3.38. The maximum absolute atomic E-state index is 14.2. The largest absolute Gasteiger partial charge is 0.497 e. The second-order valence-electron chi connectivity index (χ2n) is 14.2. The second-order valence-corrected chi connectivity index (χ2v) is 17.0. The van der Waals surface area contributed by atoms with Crippen LogP contribution in [0.4, 0.5) is 0 Å². The number of thiazole rings is 1. The molecule has 3 aromatic rings. The van der Waals surface area contributed by atoms with Gasteiger partial charge < -0.3 is 19.7 Å². The van der Waals surface area contributed by atoms with Gasteiger partial charge in [0.15, 0.2) is 0 Å². The molecule has 2 aliphatic carbocycles. The molecule has 0 bridgehead atoms. The van der Waals surface area contributed by atoms with Gasteiger partial charge in [-0.2, -0.15) is 12.7 Å². The lowest BCUT2D eigenvalue weighted by Crippen LogP contribution is -2.55. The molecule has 6 rings (SSSR count). The molecule has 2 aromatic heterocycles. The van der Waals surface area contributed by atoms with Crippen molar-refractivity contribution >= 4 is 50.2 Å². The molecule has 3 heterocycles. The number of methoxy groups -OCH3 is 1. The van der Waals surface area contributed by atoms with Crippen molar-refractivity contribution in [1.82, 2.24) is 29.2 Å². The standard InChI is InChI=1S/C36H46N6O7S2/c1-21(2)30-20-50-33(38-30)29-18-31(25-13-12-23(48-6)17-28(25)37-29)49-24-15-26-27(16-24)34(44)42(5)14-10-8-7-9-11-22-19-36(22,39-32(26)43)35(45)40-51(46,47)41(3)4/h9,11-13,17-18,20-22,24,26-27H,7-8,10,14-16,19H2,1-6H3,(H,39,43)(H,40,45)/b11-9-/t22-,24-,26-,27?,36-/m1/s1. The lowest BCUT2D eigenvalue weighted by atomic mass is 9.93. The molecule has 5 atom stereocenters. The smallest absolute Gasteiger partial charge is 0.303 e. The van der Waals surface area contributed by atoms with E-state index in [9.17, 15) is 22.8 Å². The molecule has 274 valence electrons. The summed E-state index contributed by atoms with van der Waals surface area (Å²) in [5.41, 5.74) is 0.814. The van der Waals surface area contributed by atoms with E-state index in [0.717, 1.165) is 39.7 Å². The van der Waals surface area contributed by atoms with E-state index in [0.29, 0.717) is 29.3 Å². The summed E-state index contributed by atoms with van der Waals surface area (Å²) in [5, 5.41) is 6.43. The first-order chi connectivity index (χ1) is 24.2. The van der Waals surface area contributed by atoms with E-state index >= 15 is 0 Å². The van der Waals surface area contributed by atoms with Gasteiger partial charge >= 0.3 is 10.2 Å². The van der Waals surface area contributed by atoms with E-state index in [-0.39, 0.29) is 37.0 Å². The topological polar surface area (TPSA) is 160 Å². The zero-order chi connectivity index (χ0) is 36.7. The molecule has 3 amide bonds. The highest BCUT2D eigenvalue weighted by atomic mass is 32.2. The van der Waals surface area contributed by atoms with Crippen molar-refractivity contribution in [3.8, 4) is 22.2 Å². The molecule has 1 aromatic carbocycles. The van der Waals surface area contributed by atoms with Crippen molar-refractivity contribution in [2.45, 2.75) is 69.9 Å². The van der Waals surface area contributed by atoms with Crippen LogP contribution >= 0.6 is 11.3 Å². The van der Waals surface area contributed by atoms with Crippen LogP contribution in [0.5, 0.6) is 11.5 Å². The Balaban J connectivity index is 1.33. The Hall–Kier alpha value is -4.08. The summed E-state index contributed by atoms with van der Waals surface area (Å²) in [4.78, 5) is 53.1. The van der Waals surface area contributed by atoms with Crippen LogP contribution in [0.1, 0.15) is 64.0 Å². The van der Waals surface area contributed by atoms with Gasteiger partial charge in [0.2, 0.25) is 11.8 Å². The van der Waals surface area contributed by atoms with Gasteiger partial charge in [0.1, 0.15) is 33.8 Å². The number of hydrogen-bond acceptors (Lipinski definition) is 10. The van der Waals surface area contributed by atoms with Crippen LogP contribution in [0.2, 0.25) is 0 Å². The van der Waals surface area contributed by atoms with Crippen LogP contribution < -0.4 is 19.5 Å². The first kappa shape index (κ1) is 36.7. The highest BCUT2D eigenvalue weighted by molar-refractivity contribution is 7.87. The summed E-state index contributed by atoms with van der Waals surface area (Å²) in [5.74, 6) is -1.90. The molecule has 0 spiro atoms. The molecule has 15 heteroatoms. The number of amides is 3. The maximum atomic E-state index is 14.2. The first-order valence-electron chi connectivity index (χ1n) is 17.3. The van der Waals surface area contributed by atoms with E-state index in [1.165, 1.54) is 25.4 Å². The Bertz CT molecular complexity index is 1960. The number of ether oxygens (including phenoxy) is 2. The molecule has 2 fully saturated rings. The van der Waals surface area contributed by atoms with Gasteiger partial charge in [-0.3, -0.25) is 14.4 Å². The van der Waals surface area contributed by atoms with Gasteiger partial charge in [-0.05, 0) is 56.6 Å². The quantitative estimate of drug-likeness (QED) is 0.322. The third-order valence-electron chi connectivity index (χ3n) is 10.1. The predicted molar refractivity (Wildman–Crippen MR) is 194 cm³/mol. The summed E-state index contributed by atoms with van der Waals surface area (Å²) in [7, 11) is 1.88. The van der Waals surface area contributed by atoms with Gasteiger partial charge in [-0.25, -0.2) is 14.7 Å². The molecule has 1 unspecified atom stereocenters. The molecule has 2 N–H and O–H groups in total.